The minimum absolute atomic E-state index is 0.211. The molecular formula is C15H24N2O3S. The van der Waals surface area contributed by atoms with Crippen LogP contribution in [0.25, 0.3) is 0 Å². The van der Waals surface area contributed by atoms with E-state index in [0.29, 0.717) is 4.90 Å². The van der Waals surface area contributed by atoms with Gasteiger partial charge in [0.1, 0.15) is 0 Å². The maximum absolute atomic E-state index is 12.2. The molecule has 0 spiro atoms. The van der Waals surface area contributed by atoms with E-state index in [9.17, 15) is 8.42 Å². The summed E-state index contributed by atoms with van der Waals surface area (Å²) in [6.45, 7) is 6.62. The van der Waals surface area contributed by atoms with Crippen LogP contribution in [0.15, 0.2) is 29.2 Å². The lowest BCUT2D eigenvalue weighted by Crippen LogP contribution is -2.44. The average Bonchev–Trinajstić information content (AvgIpc) is 2.37. The predicted molar refractivity (Wildman–Crippen MR) is 82.6 cm³/mol. The third kappa shape index (κ3) is 4.03. The summed E-state index contributed by atoms with van der Waals surface area (Å²) >= 11 is 0. The quantitative estimate of drug-likeness (QED) is 0.846. The molecule has 5 nitrogen and oxygen atoms in total. The molecule has 1 heterocycles. The first-order valence-electron chi connectivity index (χ1n) is 7.18. The highest BCUT2D eigenvalue weighted by molar-refractivity contribution is 7.89. The van der Waals surface area contributed by atoms with Gasteiger partial charge >= 0.3 is 0 Å². The lowest BCUT2D eigenvalue weighted by molar-refractivity contribution is -0.0705. The van der Waals surface area contributed by atoms with E-state index in [1.54, 1.807) is 32.3 Å². The summed E-state index contributed by atoms with van der Waals surface area (Å²) < 4.78 is 31.3. The third-order valence-electron chi connectivity index (χ3n) is 3.58. The minimum Gasteiger partial charge on any atom is -0.373 e. The molecule has 0 N–H and O–H groups in total. The van der Waals surface area contributed by atoms with Crippen LogP contribution in [0, 0.1) is 0 Å². The fourth-order valence-corrected chi connectivity index (χ4v) is 3.66. The summed E-state index contributed by atoms with van der Waals surface area (Å²) in [5, 5.41) is 0. The van der Waals surface area contributed by atoms with Crippen molar-refractivity contribution >= 4 is 10.0 Å². The van der Waals surface area contributed by atoms with Gasteiger partial charge in [0.15, 0.2) is 0 Å². The molecule has 6 heteroatoms. The van der Waals surface area contributed by atoms with Gasteiger partial charge in [-0.05, 0) is 31.5 Å². The monoisotopic (exact) mass is 312 g/mol. The van der Waals surface area contributed by atoms with Crippen LogP contribution < -0.4 is 0 Å². The second kappa shape index (κ2) is 6.44. The van der Waals surface area contributed by atoms with Crippen LogP contribution in [0.2, 0.25) is 0 Å². The molecule has 1 aliphatic heterocycles. The number of morpholine rings is 1. The van der Waals surface area contributed by atoms with Crippen LogP contribution in [-0.4, -0.2) is 57.0 Å². The van der Waals surface area contributed by atoms with Gasteiger partial charge in [-0.15, -0.1) is 0 Å². The molecule has 21 heavy (non-hydrogen) atoms. The first-order chi connectivity index (χ1) is 9.79. The Labute approximate surface area is 127 Å². The second-order valence-corrected chi connectivity index (χ2v) is 8.04. The molecule has 0 aromatic heterocycles. The SMILES string of the molecule is C[C@@H]1CN(Cc2cccc(S(=O)(=O)N(C)C)c2)C[C@@H](C)O1. The number of hydrogen-bond donors (Lipinski definition) is 0. The molecule has 0 bridgehead atoms. The molecular weight excluding hydrogens is 288 g/mol. The highest BCUT2D eigenvalue weighted by Gasteiger charge is 2.23. The molecule has 0 amide bonds. The van der Waals surface area contributed by atoms with E-state index < -0.39 is 10.0 Å². The molecule has 0 radical (unpaired) electrons. The van der Waals surface area contributed by atoms with Crippen molar-refractivity contribution in [3.8, 4) is 0 Å². The van der Waals surface area contributed by atoms with Crippen LogP contribution in [0.4, 0.5) is 0 Å². The second-order valence-electron chi connectivity index (χ2n) is 5.89. The van der Waals surface area contributed by atoms with Crippen LogP contribution in [0.1, 0.15) is 19.4 Å². The van der Waals surface area contributed by atoms with E-state index in [1.165, 1.54) is 4.31 Å². The van der Waals surface area contributed by atoms with Crippen molar-refractivity contribution in [3.05, 3.63) is 29.8 Å². The Hall–Kier alpha value is -0.950. The Kier molecular flexibility index (Phi) is 5.03. The van der Waals surface area contributed by atoms with Crippen LogP contribution >= 0.6 is 0 Å². The highest BCUT2D eigenvalue weighted by atomic mass is 32.2. The number of nitrogens with zero attached hydrogens (tertiary/aromatic N) is 2. The molecule has 1 aromatic rings. The fraction of sp³-hybridized carbons (Fsp3) is 0.600. The van der Waals surface area contributed by atoms with E-state index in [-0.39, 0.29) is 12.2 Å². The number of hydrogen-bond acceptors (Lipinski definition) is 4. The summed E-state index contributed by atoms with van der Waals surface area (Å²) in [6.07, 6.45) is 0.421. The summed E-state index contributed by atoms with van der Waals surface area (Å²) in [5.74, 6) is 0. The highest BCUT2D eigenvalue weighted by Crippen LogP contribution is 2.18. The minimum atomic E-state index is -3.37. The van der Waals surface area contributed by atoms with Gasteiger partial charge in [-0.25, -0.2) is 12.7 Å². The van der Waals surface area contributed by atoms with E-state index in [1.807, 2.05) is 6.07 Å². The number of rotatable bonds is 4. The molecule has 118 valence electrons. The van der Waals surface area contributed by atoms with Crippen molar-refractivity contribution in [2.24, 2.45) is 0 Å². The van der Waals surface area contributed by atoms with E-state index in [0.717, 1.165) is 25.2 Å². The van der Waals surface area contributed by atoms with Crippen molar-refractivity contribution in [2.45, 2.75) is 37.5 Å². The number of benzene rings is 1. The van der Waals surface area contributed by atoms with Gasteiger partial charge in [-0.3, -0.25) is 4.90 Å². The van der Waals surface area contributed by atoms with Crippen molar-refractivity contribution < 1.29 is 13.2 Å². The lowest BCUT2D eigenvalue weighted by Gasteiger charge is -2.35. The molecule has 1 aliphatic rings. The Balaban J connectivity index is 2.15. The summed E-state index contributed by atoms with van der Waals surface area (Å²) in [5.41, 5.74) is 1.01. The zero-order valence-corrected chi connectivity index (χ0v) is 13.9. The lowest BCUT2D eigenvalue weighted by atomic mass is 10.1. The Morgan fingerprint density at radius 1 is 1.24 bits per heavy atom. The molecule has 1 fully saturated rings. The van der Waals surface area contributed by atoms with Gasteiger partial charge < -0.3 is 4.74 Å². The molecule has 0 unspecified atom stereocenters. The normalized spacial score (nSPS) is 24.4. The molecule has 1 aromatic carbocycles. The van der Waals surface area contributed by atoms with E-state index >= 15 is 0 Å². The zero-order chi connectivity index (χ0) is 15.6. The average molecular weight is 312 g/mol. The first-order valence-corrected chi connectivity index (χ1v) is 8.62. The van der Waals surface area contributed by atoms with Crippen molar-refractivity contribution in [1.82, 2.24) is 9.21 Å². The van der Waals surface area contributed by atoms with Crippen LogP contribution in [0.5, 0.6) is 0 Å². The topological polar surface area (TPSA) is 49.9 Å². The van der Waals surface area contributed by atoms with Gasteiger partial charge in [0.2, 0.25) is 10.0 Å². The fourth-order valence-electron chi connectivity index (χ4n) is 2.69. The maximum Gasteiger partial charge on any atom is 0.242 e. The van der Waals surface area contributed by atoms with Gasteiger partial charge in [0.05, 0.1) is 17.1 Å². The van der Waals surface area contributed by atoms with Gasteiger partial charge in [0, 0.05) is 33.7 Å². The van der Waals surface area contributed by atoms with Crippen LogP contribution in [-0.2, 0) is 21.3 Å². The van der Waals surface area contributed by atoms with Crippen LogP contribution in [0.3, 0.4) is 0 Å². The predicted octanol–water partition coefficient (Wildman–Crippen LogP) is 1.55. The number of sulfonamides is 1. The van der Waals surface area contributed by atoms with Gasteiger partial charge in [0.25, 0.3) is 0 Å². The van der Waals surface area contributed by atoms with Gasteiger partial charge in [-0.1, -0.05) is 12.1 Å². The summed E-state index contributed by atoms with van der Waals surface area (Å²) in [4.78, 5) is 2.65. The van der Waals surface area contributed by atoms with E-state index in [2.05, 4.69) is 18.7 Å². The van der Waals surface area contributed by atoms with Crippen molar-refractivity contribution in [3.63, 3.8) is 0 Å². The summed E-state index contributed by atoms with van der Waals surface area (Å²) in [7, 11) is -0.274. The Bertz CT molecular complexity index is 576. The Morgan fingerprint density at radius 3 is 2.43 bits per heavy atom. The largest absolute Gasteiger partial charge is 0.373 e. The molecule has 2 atom stereocenters. The van der Waals surface area contributed by atoms with Crippen molar-refractivity contribution in [2.75, 3.05) is 27.2 Å². The molecule has 0 aliphatic carbocycles. The van der Waals surface area contributed by atoms with Gasteiger partial charge in [-0.2, -0.15) is 0 Å². The Morgan fingerprint density at radius 2 is 1.86 bits per heavy atom. The molecule has 0 saturated carbocycles. The molecule has 2 rings (SSSR count). The van der Waals surface area contributed by atoms with E-state index in [4.69, 9.17) is 4.74 Å². The smallest absolute Gasteiger partial charge is 0.242 e. The standard InChI is InChI=1S/C15H24N2O3S/c1-12-9-17(10-13(2)20-12)11-14-6-5-7-15(8-14)21(18,19)16(3)4/h5-8,12-13H,9-11H2,1-4H3/t12-,13-/m1/s1. The third-order valence-corrected chi connectivity index (χ3v) is 5.39. The molecule has 1 saturated heterocycles. The first kappa shape index (κ1) is 16.4. The zero-order valence-electron chi connectivity index (χ0n) is 13.1. The summed E-state index contributed by atoms with van der Waals surface area (Å²) in [6, 6.07) is 7.18. The maximum atomic E-state index is 12.2. The number of ether oxygens (including phenoxy) is 1. The van der Waals surface area contributed by atoms with Crippen molar-refractivity contribution in [1.29, 1.82) is 0 Å².